The van der Waals surface area contributed by atoms with Crippen LogP contribution in [-0.2, 0) is 9.53 Å². The van der Waals surface area contributed by atoms with Crippen molar-refractivity contribution in [2.75, 3.05) is 0 Å². The van der Waals surface area contributed by atoms with E-state index in [9.17, 15) is 4.79 Å². The zero-order valence-electron chi connectivity index (χ0n) is 22.8. The van der Waals surface area contributed by atoms with E-state index in [4.69, 9.17) is 4.74 Å². The minimum absolute atomic E-state index is 0.0349. The summed E-state index contributed by atoms with van der Waals surface area (Å²) in [5.41, 5.74) is 1.08. The molecular formula is C31H54O2. The first-order valence-corrected chi connectivity index (χ1v) is 14.9. The fourth-order valence-corrected chi connectivity index (χ4v) is 9.80. The molecule has 0 saturated heterocycles. The molecule has 0 N–H and O–H groups in total. The summed E-state index contributed by atoms with van der Waals surface area (Å²) >= 11 is 0. The molecule has 4 aliphatic carbocycles. The maximum absolute atomic E-state index is 12.1. The maximum Gasteiger partial charge on any atom is 0.306 e. The molecule has 4 saturated carbocycles. The van der Waals surface area contributed by atoms with Crippen molar-refractivity contribution in [1.82, 2.24) is 0 Å². The number of rotatable bonds is 8. The monoisotopic (exact) mass is 458 g/mol. The molecule has 0 spiro atoms. The molecule has 0 aromatic rings. The molecule has 4 aliphatic rings. The molecule has 4 rings (SSSR count). The van der Waals surface area contributed by atoms with Crippen molar-refractivity contribution in [3.05, 3.63) is 0 Å². The maximum atomic E-state index is 12.1. The number of carbonyl (C=O) groups is 1. The first kappa shape index (κ1) is 25.6. The van der Waals surface area contributed by atoms with Crippen LogP contribution in [0.15, 0.2) is 0 Å². The van der Waals surface area contributed by atoms with E-state index in [0.29, 0.717) is 17.3 Å². The minimum Gasteiger partial charge on any atom is -0.462 e. The van der Waals surface area contributed by atoms with E-state index >= 15 is 0 Å². The van der Waals surface area contributed by atoms with Gasteiger partial charge >= 0.3 is 5.97 Å². The Hall–Kier alpha value is -0.530. The Morgan fingerprint density at radius 3 is 2.36 bits per heavy atom. The predicted molar refractivity (Wildman–Crippen MR) is 138 cm³/mol. The van der Waals surface area contributed by atoms with Crippen molar-refractivity contribution in [3.8, 4) is 0 Å². The van der Waals surface area contributed by atoms with Gasteiger partial charge in [0.05, 0.1) is 0 Å². The SMILES string of the molecule is CCCC(=O)OC1CC[C@@]2(C)C(CCC3C2CC[C@@]2(C)C3CC[C@@H]2[C@H](C)CCCC(C)C)C1. The van der Waals surface area contributed by atoms with Crippen molar-refractivity contribution >= 4 is 5.97 Å². The van der Waals surface area contributed by atoms with Gasteiger partial charge in [-0.25, -0.2) is 0 Å². The number of carbonyl (C=O) groups excluding carboxylic acids is 1. The number of esters is 1. The molecule has 0 bridgehead atoms. The van der Waals surface area contributed by atoms with Crippen molar-refractivity contribution in [2.45, 2.75) is 138 Å². The van der Waals surface area contributed by atoms with E-state index < -0.39 is 0 Å². The predicted octanol–water partition coefficient (Wildman–Crippen LogP) is 8.82. The largest absolute Gasteiger partial charge is 0.462 e. The van der Waals surface area contributed by atoms with Crippen LogP contribution in [0.1, 0.15) is 131 Å². The number of hydrogen-bond donors (Lipinski definition) is 0. The molecule has 0 aromatic heterocycles. The summed E-state index contributed by atoms with van der Waals surface area (Å²) in [7, 11) is 0. The van der Waals surface area contributed by atoms with Crippen LogP contribution >= 0.6 is 0 Å². The van der Waals surface area contributed by atoms with Gasteiger partial charge in [-0.05, 0) is 116 Å². The minimum atomic E-state index is 0.0349. The van der Waals surface area contributed by atoms with Gasteiger partial charge in [0, 0.05) is 6.42 Å². The van der Waals surface area contributed by atoms with Gasteiger partial charge in [0.2, 0.25) is 0 Å². The Labute approximate surface area is 205 Å². The van der Waals surface area contributed by atoms with Crippen LogP contribution in [0.5, 0.6) is 0 Å². The Bertz CT molecular complexity index is 670. The van der Waals surface area contributed by atoms with Crippen LogP contribution in [0, 0.1) is 52.3 Å². The normalized spacial score (nSPS) is 43.5. The van der Waals surface area contributed by atoms with Gasteiger partial charge in [-0.1, -0.05) is 60.8 Å². The van der Waals surface area contributed by atoms with Crippen molar-refractivity contribution in [3.63, 3.8) is 0 Å². The summed E-state index contributed by atoms with van der Waals surface area (Å²) < 4.78 is 5.90. The summed E-state index contributed by atoms with van der Waals surface area (Å²) in [5, 5.41) is 0. The van der Waals surface area contributed by atoms with Crippen LogP contribution < -0.4 is 0 Å². The van der Waals surface area contributed by atoms with Gasteiger partial charge < -0.3 is 4.74 Å². The second-order valence-corrected chi connectivity index (χ2v) is 13.8. The quantitative estimate of drug-likeness (QED) is 0.340. The molecular weight excluding hydrogens is 404 g/mol. The molecule has 9 atom stereocenters. The zero-order chi connectivity index (χ0) is 23.8. The topological polar surface area (TPSA) is 26.3 Å². The lowest BCUT2D eigenvalue weighted by Gasteiger charge is -2.61. The van der Waals surface area contributed by atoms with Gasteiger partial charge in [-0.2, -0.15) is 0 Å². The summed E-state index contributed by atoms with van der Waals surface area (Å²) in [4.78, 5) is 12.1. The Morgan fingerprint density at radius 2 is 1.64 bits per heavy atom. The van der Waals surface area contributed by atoms with Crippen LogP contribution in [0.3, 0.4) is 0 Å². The fourth-order valence-electron chi connectivity index (χ4n) is 9.80. The first-order chi connectivity index (χ1) is 15.7. The molecule has 0 aromatic carbocycles. The molecule has 2 nitrogen and oxygen atoms in total. The molecule has 5 unspecified atom stereocenters. The molecule has 0 amide bonds. The van der Waals surface area contributed by atoms with Crippen molar-refractivity contribution < 1.29 is 9.53 Å². The standard InChI is InChI=1S/C31H54O2/c1-7-9-29(32)33-24-16-18-30(5)23(20-24)12-13-25-27-15-14-26(22(4)11-8-10-21(2)3)31(27,6)19-17-28(25)30/h21-28H,7-20H2,1-6H3/t22-,23?,24?,25?,26-,27?,28?,30+,31-/m1/s1. The Balaban J connectivity index is 1.40. The average Bonchev–Trinajstić information content (AvgIpc) is 3.11. The summed E-state index contributed by atoms with van der Waals surface area (Å²) in [5.74, 6) is 6.34. The highest BCUT2D eigenvalue weighted by Gasteiger charge is 2.60. The van der Waals surface area contributed by atoms with Gasteiger partial charge in [0.15, 0.2) is 0 Å². The first-order valence-electron chi connectivity index (χ1n) is 14.9. The van der Waals surface area contributed by atoms with Gasteiger partial charge in [0.25, 0.3) is 0 Å². The molecule has 4 fully saturated rings. The summed E-state index contributed by atoms with van der Waals surface area (Å²) in [6, 6.07) is 0. The summed E-state index contributed by atoms with van der Waals surface area (Å²) in [6.45, 7) is 14.8. The van der Waals surface area contributed by atoms with Crippen LogP contribution in [0.4, 0.5) is 0 Å². The van der Waals surface area contributed by atoms with Crippen LogP contribution in [0.25, 0.3) is 0 Å². The molecule has 190 valence electrons. The van der Waals surface area contributed by atoms with E-state index in [-0.39, 0.29) is 12.1 Å². The van der Waals surface area contributed by atoms with Crippen LogP contribution in [0.2, 0.25) is 0 Å². The van der Waals surface area contributed by atoms with Gasteiger partial charge in [-0.15, -0.1) is 0 Å². The zero-order valence-corrected chi connectivity index (χ0v) is 22.8. The number of fused-ring (bicyclic) bond motifs is 5. The molecule has 0 aliphatic heterocycles. The highest BCUT2D eigenvalue weighted by molar-refractivity contribution is 5.69. The third-order valence-corrected chi connectivity index (χ3v) is 11.6. The lowest BCUT2D eigenvalue weighted by Crippen LogP contribution is -2.54. The van der Waals surface area contributed by atoms with E-state index in [1.165, 1.54) is 64.2 Å². The van der Waals surface area contributed by atoms with Crippen molar-refractivity contribution in [1.29, 1.82) is 0 Å². The number of hydrogen-bond acceptors (Lipinski definition) is 2. The molecule has 0 heterocycles. The summed E-state index contributed by atoms with van der Waals surface area (Å²) in [6.07, 6.45) is 18.2. The fraction of sp³-hybridized carbons (Fsp3) is 0.968. The van der Waals surface area contributed by atoms with E-state index in [1.54, 1.807) is 0 Å². The third-order valence-electron chi connectivity index (χ3n) is 11.6. The highest BCUT2D eigenvalue weighted by Crippen LogP contribution is 2.68. The highest BCUT2D eigenvalue weighted by atomic mass is 16.5. The Morgan fingerprint density at radius 1 is 0.909 bits per heavy atom. The van der Waals surface area contributed by atoms with E-state index in [1.807, 2.05) is 0 Å². The van der Waals surface area contributed by atoms with Crippen molar-refractivity contribution in [2.24, 2.45) is 52.3 Å². The lowest BCUT2D eigenvalue weighted by atomic mass is 9.44. The lowest BCUT2D eigenvalue weighted by molar-refractivity contribution is -0.162. The Kier molecular flexibility index (Phi) is 7.92. The smallest absolute Gasteiger partial charge is 0.306 e. The molecule has 2 heteroatoms. The second kappa shape index (κ2) is 10.2. The average molecular weight is 459 g/mol. The van der Waals surface area contributed by atoms with E-state index in [0.717, 1.165) is 60.7 Å². The molecule has 33 heavy (non-hydrogen) atoms. The number of ether oxygens (including phenoxy) is 1. The second-order valence-electron chi connectivity index (χ2n) is 13.8. The van der Waals surface area contributed by atoms with Gasteiger partial charge in [0.1, 0.15) is 6.10 Å². The third kappa shape index (κ3) is 4.93. The van der Waals surface area contributed by atoms with Gasteiger partial charge in [-0.3, -0.25) is 4.79 Å². The van der Waals surface area contributed by atoms with Crippen LogP contribution in [-0.4, -0.2) is 12.1 Å². The van der Waals surface area contributed by atoms with E-state index in [2.05, 4.69) is 41.5 Å². The molecule has 0 radical (unpaired) electrons.